The summed E-state index contributed by atoms with van der Waals surface area (Å²) < 4.78 is 12.9. The summed E-state index contributed by atoms with van der Waals surface area (Å²) in [5.41, 5.74) is 1.82. The maximum absolute atomic E-state index is 11.1. The van der Waals surface area contributed by atoms with Crippen LogP contribution in [-0.2, 0) is 0 Å². The van der Waals surface area contributed by atoms with Crippen molar-refractivity contribution in [3.63, 3.8) is 0 Å². The summed E-state index contributed by atoms with van der Waals surface area (Å²) in [6.07, 6.45) is 3.96. The van der Waals surface area contributed by atoms with Gasteiger partial charge in [-0.3, -0.25) is 0 Å². The number of hydrogen-bond acceptors (Lipinski definition) is 4. The van der Waals surface area contributed by atoms with Gasteiger partial charge in [0.05, 0.1) is 13.2 Å². The normalized spacial score (nSPS) is 11.6. The molecule has 0 aliphatic rings. The topological polar surface area (TPSA) is 58.9 Å². The van der Waals surface area contributed by atoms with Crippen molar-refractivity contribution in [2.24, 2.45) is 5.92 Å². The fourth-order valence-corrected chi connectivity index (χ4v) is 5.01. The highest BCUT2D eigenvalue weighted by molar-refractivity contribution is 5.96. The minimum absolute atomic E-state index is 0.146. The Hall–Kier alpha value is -3.40. The second-order valence-corrected chi connectivity index (χ2v) is 9.84. The number of hydrogen-bond donors (Lipinski definition) is 2. The average Bonchev–Trinajstić information content (AvgIpc) is 2.87. The molecule has 0 amide bonds. The Balaban J connectivity index is 1.99. The van der Waals surface area contributed by atoms with E-state index in [-0.39, 0.29) is 23.3 Å². The first kappa shape index (κ1) is 25.7. The molecule has 0 bridgehead atoms. The van der Waals surface area contributed by atoms with Gasteiger partial charge in [0.15, 0.2) is 0 Å². The number of phenolic OH excluding ortho intramolecular Hbond substituents is 2. The van der Waals surface area contributed by atoms with Crippen LogP contribution in [0.4, 0.5) is 0 Å². The quantitative estimate of drug-likeness (QED) is 0.209. The molecule has 0 spiro atoms. The number of phenols is 2. The van der Waals surface area contributed by atoms with Crippen LogP contribution in [-0.4, -0.2) is 23.4 Å². The highest BCUT2D eigenvalue weighted by Crippen LogP contribution is 2.49. The van der Waals surface area contributed by atoms with Crippen molar-refractivity contribution < 1.29 is 19.7 Å². The molecule has 0 heterocycles. The van der Waals surface area contributed by atoms with Crippen molar-refractivity contribution in [2.75, 3.05) is 13.2 Å². The van der Waals surface area contributed by atoms with Crippen LogP contribution >= 0.6 is 0 Å². The molecule has 0 saturated heterocycles. The van der Waals surface area contributed by atoms with E-state index >= 15 is 0 Å². The zero-order valence-corrected chi connectivity index (χ0v) is 21.9. The summed E-state index contributed by atoms with van der Waals surface area (Å²) in [6, 6.07) is 19.4. The smallest absolute Gasteiger partial charge is 0.131 e. The third kappa shape index (κ3) is 5.09. The fraction of sp³-hybridized carbons (Fsp3) is 0.375. The molecule has 36 heavy (non-hydrogen) atoms. The van der Waals surface area contributed by atoms with Gasteiger partial charge in [0.1, 0.15) is 23.0 Å². The first-order valence-corrected chi connectivity index (χ1v) is 13.2. The Labute approximate surface area is 214 Å². The molecule has 4 rings (SSSR count). The molecule has 4 aromatic carbocycles. The van der Waals surface area contributed by atoms with Crippen molar-refractivity contribution in [1.29, 1.82) is 0 Å². The molecule has 0 aliphatic carbocycles. The van der Waals surface area contributed by atoms with Gasteiger partial charge in [0.25, 0.3) is 0 Å². The highest BCUT2D eigenvalue weighted by atomic mass is 16.5. The van der Waals surface area contributed by atoms with Gasteiger partial charge in [-0.05, 0) is 30.9 Å². The largest absolute Gasteiger partial charge is 0.507 e. The number of benzene rings is 4. The Morgan fingerprint density at radius 3 is 1.39 bits per heavy atom. The molecule has 4 heteroatoms. The monoisotopic (exact) mass is 486 g/mol. The van der Waals surface area contributed by atoms with Crippen LogP contribution in [0.15, 0.2) is 60.7 Å². The Bertz CT molecular complexity index is 1230. The van der Waals surface area contributed by atoms with Gasteiger partial charge >= 0.3 is 0 Å². The van der Waals surface area contributed by atoms with Crippen molar-refractivity contribution in [1.82, 2.24) is 0 Å². The summed E-state index contributed by atoms with van der Waals surface area (Å²) in [7, 11) is 0. The lowest BCUT2D eigenvalue weighted by atomic mass is 9.79. The molecule has 0 fully saturated rings. The SMILES string of the molecule is CCCCOc1c(C(c2cc(O)c3ccccc3c2OCCCC)C(C)C)cc(O)c2ccccc12. The fourth-order valence-electron chi connectivity index (χ4n) is 5.01. The van der Waals surface area contributed by atoms with Crippen LogP contribution in [0.25, 0.3) is 21.5 Å². The molecule has 0 unspecified atom stereocenters. The number of aromatic hydroxyl groups is 2. The lowest BCUT2D eigenvalue weighted by Crippen LogP contribution is -2.14. The van der Waals surface area contributed by atoms with E-state index in [2.05, 4.69) is 27.7 Å². The van der Waals surface area contributed by atoms with Gasteiger partial charge in [0.2, 0.25) is 0 Å². The van der Waals surface area contributed by atoms with Crippen molar-refractivity contribution >= 4 is 21.5 Å². The van der Waals surface area contributed by atoms with Gasteiger partial charge in [-0.1, -0.05) is 89.1 Å². The summed E-state index contributed by atoms with van der Waals surface area (Å²) in [5.74, 6) is 2.03. The summed E-state index contributed by atoms with van der Waals surface area (Å²) in [5, 5.41) is 25.5. The van der Waals surface area contributed by atoms with Crippen LogP contribution in [0.1, 0.15) is 70.4 Å². The zero-order valence-electron chi connectivity index (χ0n) is 21.9. The van der Waals surface area contributed by atoms with E-state index in [9.17, 15) is 10.2 Å². The van der Waals surface area contributed by atoms with Crippen LogP contribution in [0.2, 0.25) is 0 Å². The molecule has 2 N–H and O–H groups in total. The Morgan fingerprint density at radius 1 is 0.639 bits per heavy atom. The van der Waals surface area contributed by atoms with Crippen LogP contribution in [0.5, 0.6) is 23.0 Å². The van der Waals surface area contributed by atoms with Crippen LogP contribution in [0.3, 0.4) is 0 Å². The Kier molecular flexibility index (Phi) is 8.25. The Morgan fingerprint density at radius 2 is 1.03 bits per heavy atom. The number of rotatable bonds is 11. The van der Waals surface area contributed by atoms with Crippen molar-refractivity contribution in [3.8, 4) is 23.0 Å². The van der Waals surface area contributed by atoms with E-state index in [4.69, 9.17) is 9.47 Å². The molecular formula is C32H38O4. The van der Waals surface area contributed by atoms with E-state index in [1.165, 1.54) is 0 Å². The first-order valence-electron chi connectivity index (χ1n) is 13.2. The van der Waals surface area contributed by atoms with Crippen LogP contribution in [0, 0.1) is 5.92 Å². The van der Waals surface area contributed by atoms with Crippen molar-refractivity contribution in [2.45, 2.75) is 59.3 Å². The van der Waals surface area contributed by atoms with Gasteiger partial charge in [-0.2, -0.15) is 0 Å². The molecule has 0 aromatic heterocycles. The molecule has 4 aromatic rings. The average molecular weight is 487 g/mol. The third-order valence-electron chi connectivity index (χ3n) is 6.83. The minimum atomic E-state index is -0.163. The second kappa shape index (κ2) is 11.6. The molecule has 0 aliphatic heterocycles. The van der Waals surface area contributed by atoms with Gasteiger partial charge in [-0.15, -0.1) is 0 Å². The highest BCUT2D eigenvalue weighted by Gasteiger charge is 2.29. The second-order valence-electron chi connectivity index (χ2n) is 9.84. The van der Waals surface area contributed by atoms with Crippen molar-refractivity contribution in [3.05, 3.63) is 71.8 Å². The summed E-state index contributed by atoms with van der Waals surface area (Å²) in [4.78, 5) is 0. The van der Waals surface area contributed by atoms with E-state index in [1.807, 2.05) is 60.7 Å². The van der Waals surface area contributed by atoms with E-state index in [1.54, 1.807) is 0 Å². The number of fused-ring (bicyclic) bond motifs is 2. The molecule has 0 radical (unpaired) electrons. The zero-order chi connectivity index (χ0) is 25.7. The lowest BCUT2D eigenvalue weighted by Gasteiger charge is -2.28. The number of ether oxygens (including phenoxy) is 2. The molecular weight excluding hydrogens is 448 g/mol. The molecule has 190 valence electrons. The maximum Gasteiger partial charge on any atom is 0.131 e. The van der Waals surface area contributed by atoms with Gasteiger partial charge in [-0.25, -0.2) is 0 Å². The lowest BCUT2D eigenvalue weighted by molar-refractivity contribution is 0.300. The molecule has 0 atom stereocenters. The maximum atomic E-state index is 11.1. The minimum Gasteiger partial charge on any atom is -0.507 e. The summed E-state index contributed by atoms with van der Waals surface area (Å²) in [6.45, 7) is 9.82. The van der Waals surface area contributed by atoms with Gasteiger partial charge in [0, 0.05) is 38.6 Å². The summed E-state index contributed by atoms with van der Waals surface area (Å²) >= 11 is 0. The van der Waals surface area contributed by atoms with E-state index < -0.39 is 0 Å². The van der Waals surface area contributed by atoms with E-state index in [0.717, 1.165) is 69.9 Å². The standard InChI is InChI=1S/C32H38O4/c1-5-7-17-35-31-24-15-11-9-13-22(24)28(33)19-26(31)30(21(3)4)27-20-29(34)23-14-10-12-16-25(23)32(27)36-18-8-6-2/h9-16,19-21,30,33-34H,5-8,17-18H2,1-4H3. The first-order chi connectivity index (χ1) is 17.5. The number of unbranched alkanes of at least 4 members (excludes halogenated alkanes) is 2. The van der Waals surface area contributed by atoms with E-state index in [0.29, 0.717) is 13.2 Å². The predicted molar refractivity (Wildman–Crippen MR) is 149 cm³/mol. The third-order valence-corrected chi connectivity index (χ3v) is 6.83. The van der Waals surface area contributed by atoms with Gasteiger partial charge < -0.3 is 19.7 Å². The molecule has 0 saturated carbocycles. The van der Waals surface area contributed by atoms with Crippen LogP contribution < -0.4 is 9.47 Å². The predicted octanol–water partition coefficient (Wildman–Crippen LogP) is 8.55. The molecule has 4 nitrogen and oxygen atoms in total.